The van der Waals surface area contributed by atoms with Crippen molar-refractivity contribution in [3.63, 3.8) is 0 Å². The Morgan fingerprint density at radius 3 is 2.45 bits per heavy atom. The van der Waals surface area contributed by atoms with Gasteiger partial charge in [-0.25, -0.2) is 0 Å². The number of ether oxygens (including phenoxy) is 2. The lowest BCUT2D eigenvalue weighted by atomic mass is 10.1. The van der Waals surface area contributed by atoms with Gasteiger partial charge in [-0.2, -0.15) is 0 Å². The van der Waals surface area contributed by atoms with Gasteiger partial charge in [0.15, 0.2) is 0 Å². The number of piperazine rings is 1. The lowest BCUT2D eigenvalue weighted by Crippen LogP contribution is -2.52. The summed E-state index contributed by atoms with van der Waals surface area (Å²) in [6, 6.07) is 0.576. The first-order valence-corrected chi connectivity index (χ1v) is 8.05. The minimum absolute atomic E-state index is 0.576. The second kappa shape index (κ2) is 11.5. The summed E-state index contributed by atoms with van der Waals surface area (Å²) in [4.78, 5) is 5.05. The summed E-state index contributed by atoms with van der Waals surface area (Å²) >= 11 is 0. The molecule has 20 heavy (non-hydrogen) atoms. The molecule has 0 radical (unpaired) electrons. The number of hydrogen-bond donors (Lipinski definition) is 1. The molecular weight excluding hydrogens is 254 g/mol. The van der Waals surface area contributed by atoms with E-state index in [0.29, 0.717) is 6.04 Å². The van der Waals surface area contributed by atoms with Crippen molar-refractivity contribution >= 4 is 0 Å². The third kappa shape index (κ3) is 6.99. The smallest absolute Gasteiger partial charge is 0.0593 e. The summed E-state index contributed by atoms with van der Waals surface area (Å²) in [6.45, 7) is 11.1. The van der Waals surface area contributed by atoms with Crippen LogP contribution in [0.25, 0.3) is 0 Å². The average Bonchev–Trinajstić information content (AvgIpc) is 2.49. The normalized spacial score (nSPS) is 19.4. The van der Waals surface area contributed by atoms with Gasteiger partial charge in [-0.3, -0.25) is 9.80 Å². The van der Waals surface area contributed by atoms with E-state index in [9.17, 15) is 0 Å². The summed E-state index contributed by atoms with van der Waals surface area (Å²) in [5.74, 6) is 0. The highest BCUT2D eigenvalue weighted by Crippen LogP contribution is 2.10. The van der Waals surface area contributed by atoms with Gasteiger partial charge in [0.05, 0.1) is 6.61 Å². The summed E-state index contributed by atoms with van der Waals surface area (Å²) in [5, 5.41) is 0. The first-order chi connectivity index (χ1) is 9.81. The van der Waals surface area contributed by atoms with Gasteiger partial charge in [-0.05, 0) is 12.8 Å². The lowest BCUT2D eigenvalue weighted by molar-refractivity contribution is 0.0539. The zero-order chi connectivity index (χ0) is 14.6. The molecule has 1 aliphatic heterocycles. The van der Waals surface area contributed by atoms with Crippen molar-refractivity contribution in [3.05, 3.63) is 0 Å². The minimum Gasteiger partial charge on any atom is -0.385 e. The van der Waals surface area contributed by atoms with Gasteiger partial charge in [-0.15, -0.1) is 0 Å². The summed E-state index contributed by atoms with van der Waals surface area (Å²) in [6.07, 6.45) is 3.43. The topological polar surface area (TPSA) is 51.0 Å². The van der Waals surface area contributed by atoms with E-state index in [1.54, 1.807) is 7.11 Å². The molecule has 1 aliphatic rings. The van der Waals surface area contributed by atoms with Crippen molar-refractivity contribution in [2.75, 3.05) is 66.2 Å². The lowest BCUT2D eigenvalue weighted by Gasteiger charge is -2.39. The fourth-order valence-electron chi connectivity index (χ4n) is 2.74. The van der Waals surface area contributed by atoms with E-state index in [2.05, 4.69) is 16.7 Å². The van der Waals surface area contributed by atoms with Crippen molar-refractivity contribution < 1.29 is 9.47 Å². The Morgan fingerprint density at radius 1 is 1.10 bits per heavy atom. The molecule has 120 valence electrons. The molecule has 1 saturated heterocycles. The quantitative estimate of drug-likeness (QED) is 0.569. The predicted octanol–water partition coefficient (Wildman–Crippen LogP) is 0.785. The molecule has 0 aromatic carbocycles. The molecule has 1 rings (SSSR count). The zero-order valence-electron chi connectivity index (χ0n) is 13.4. The predicted molar refractivity (Wildman–Crippen MR) is 83.1 cm³/mol. The Balaban J connectivity index is 2.06. The molecule has 0 aromatic rings. The minimum atomic E-state index is 0.576. The Bertz CT molecular complexity index is 221. The van der Waals surface area contributed by atoms with Crippen LogP contribution in [-0.2, 0) is 9.47 Å². The van der Waals surface area contributed by atoms with E-state index in [0.717, 1.165) is 65.5 Å². The second-order valence-electron chi connectivity index (χ2n) is 5.51. The van der Waals surface area contributed by atoms with Crippen LogP contribution >= 0.6 is 0 Å². The van der Waals surface area contributed by atoms with E-state index in [-0.39, 0.29) is 0 Å². The highest BCUT2D eigenvalue weighted by atomic mass is 16.5. The van der Waals surface area contributed by atoms with Gasteiger partial charge in [-0.1, -0.05) is 13.3 Å². The maximum atomic E-state index is 5.88. The first-order valence-electron chi connectivity index (χ1n) is 8.05. The Morgan fingerprint density at radius 2 is 1.85 bits per heavy atom. The Labute approximate surface area is 124 Å². The van der Waals surface area contributed by atoms with Crippen LogP contribution in [0.15, 0.2) is 0 Å². The van der Waals surface area contributed by atoms with Gasteiger partial charge in [0.25, 0.3) is 0 Å². The molecule has 5 nitrogen and oxygen atoms in total. The molecule has 0 amide bonds. The van der Waals surface area contributed by atoms with E-state index < -0.39 is 0 Å². The van der Waals surface area contributed by atoms with Crippen molar-refractivity contribution in [2.45, 2.75) is 32.2 Å². The van der Waals surface area contributed by atoms with Gasteiger partial charge >= 0.3 is 0 Å². The van der Waals surface area contributed by atoms with Crippen LogP contribution in [0, 0.1) is 0 Å². The monoisotopic (exact) mass is 287 g/mol. The molecule has 0 aromatic heterocycles. The van der Waals surface area contributed by atoms with Gasteiger partial charge in [0.1, 0.15) is 0 Å². The third-order valence-corrected chi connectivity index (χ3v) is 4.01. The van der Waals surface area contributed by atoms with Crippen LogP contribution in [0.3, 0.4) is 0 Å². The molecule has 0 bridgehead atoms. The molecule has 0 spiro atoms. The number of nitrogens with two attached hydrogens (primary N) is 1. The van der Waals surface area contributed by atoms with Crippen molar-refractivity contribution in [1.82, 2.24) is 9.80 Å². The molecule has 2 N–H and O–H groups in total. The van der Waals surface area contributed by atoms with E-state index >= 15 is 0 Å². The van der Waals surface area contributed by atoms with Gasteiger partial charge < -0.3 is 15.2 Å². The summed E-state index contributed by atoms with van der Waals surface area (Å²) in [5.41, 5.74) is 5.88. The third-order valence-electron chi connectivity index (χ3n) is 4.01. The van der Waals surface area contributed by atoms with Crippen LogP contribution in [0.1, 0.15) is 26.2 Å². The summed E-state index contributed by atoms with van der Waals surface area (Å²) in [7, 11) is 1.73. The second-order valence-corrected chi connectivity index (χ2v) is 5.51. The molecule has 1 fully saturated rings. The molecule has 0 saturated carbocycles. The number of hydrogen-bond acceptors (Lipinski definition) is 5. The molecular formula is C15H33N3O2. The van der Waals surface area contributed by atoms with E-state index in [1.165, 1.54) is 12.8 Å². The number of methoxy groups -OCH3 is 1. The highest BCUT2D eigenvalue weighted by molar-refractivity contribution is 4.78. The van der Waals surface area contributed by atoms with Crippen LogP contribution in [0.4, 0.5) is 0 Å². The zero-order valence-corrected chi connectivity index (χ0v) is 13.4. The van der Waals surface area contributed by atoms with E-state index in [4.69, 9.17) is 15.2 Å². The maximum absolute atomic E-state index is 5.88. The molecule has 1 heterocycles. The SMILES string of the molecule is CCCC(CN)N1CCN(CCOCCCOC)CC1. The largest absolute Gasteiger partial charge is 0.385 e. The standard InChI is InChI=1S/C15H33N3O2/c1-3-5-15(14-16)18-8-6-17(7-9-18)10-13-20-12-4-11-19-2/h15H,3-14,16H2,1-2H3. The maximum Gasteiger partial charge on any atom is 0.0593 e. The first kappa shape index (κ1) is 17.9. The van der Waals surface area contributed by atoms with Gasteiger partial charge in [0.2, 0.25) is 0 Å². The van der Waals surface area contributed by atoms with Crippen LogP contribution < -0.4 is 5.73 Å². The Kier molecular flexibility index (Phi) is 10.2. The van der Waals surface area contributed by atoms with Crippen molar-refractivity contribution in [1.29, 1.82) is 0 Å². The van der Waals surface area contributed by atoms with Crippen LogP contribution in [0.5, 0.6) is 0 Å². The van der Waals surface area contributed by atoms with Crippen LogP contribution in [-0.4, -0.2) is 82.0 Å². The average molecular weight is 287 g/mol. The van der Waals surface area contributed by atoms with Crippen molar-refractivity contribution in [2.24, 2.45) is 5.73 Å². The molecule has 1 atom stereocenters. The fourth-order valence-corrected chi connectivity index (χ4v) is 2.74. The summed E-state index contributed by atoms with van der Waals surface area (Å²) < 4.78 is 10.6. The van der Waals surface area contributed by atoms with Crippen molar-refractivity contribution in [3.8, 4) is 0 Å². The Hall–Kier alpha value is -0.200. The molecule has 1 unspecified atom stereocenters. The van der Waals surface area contributed by atoms with Crippen LogP contribution in [0.2, 0.25) is 0 Å². The van der Waals surface area contributed by atoms with Gasteiger partial charge in [0, 0.05) is 65.6 Å². The number of nitrogens with zero attached hydrogens (tertiary/aromatic N) is 2. The molecule has 0 aliphatic carbocycles. The molecule has 5 heteroatoms. The fraction of sp³-hybridized carbons (Fsp3) is 1.00. The van der Waals surface area contributed by atoms with E-state index in [1.807, 2.05) is 0 Å². The number of rotatable bonds is 11. The highest BCUT2D eigenvalue weighted by Gasteiger charge is 2.21.